The van der Waals surface area contributed by atoms with Crippen LogP contribution >= 0.6 is 0 Å². The van der Waals surface area contributed by atoms with Crippen molar-refractivity contribution < 1.29 is 30.6 Å². The molecule has 0 aromatic carbocycles. The van der Waals surface area contributed by atoms with Crippen LogP contribution in [0, 0.1) is 5.92 Å². The maximum Gasteiger partial charge on any atom is 0.0513 e. The average molecular weight is 131 g/mol. The fourth-order valence-electron chi connectivity index (χ4n) is 0. The van der Waals surface area contributed by atoms with Gasteiger partial charge in [-0.2, -0.15) is 0 Å². The molecule has 1 radical (unpaired) electrons. The Kier molecular flexibility index (Phi) is 6.65. The van der Waals surface area contributed by atoms with E-state index in [-0.39, 0.29) is 31.8 Å². The topological polar surface area (TPSA) is 40.9 Å². The number of amides is 1. The Balaban J connectivity index is 0. The molecule has 7 heavy (non-hydrogen) atoms. The van der Waals surface area contributed by atoms with Crippen molar-refractivity contribution in [1.29, 1.82) is 0 Å². The molecule has 0 saturated carbocycles. The molecule has 0 aliphatic rings. The smallest absolute Gasteiger partial charge is 0.0513 e. The van der Waals surface area contributed by atoms with Crippen LogP contribution < -0.4 is 0 Å². The predicted octanol–water partition coefficient (Wildman–Crippen LogP) is 1.22. The molecule has 0 aliphatic carbocycles. The molecule has 2 nitrogen and oxygen atoms in total. The van der Waals surface area contributed by atoms with Gasteiger partial charge < -0.3 is 10.5 Å². The minimum absolute atomic E-state index is 0. The molecule has 1 N–H and O–H groups in total. The van der Waals surface area contributed by atoms with Gasteiger partial charge in [0.05, 0.1) is 5.91 Å². The minimum Gasteiger partial charge on any atom is -0.668 e. The molecule has 0 aromatic heterocycles. The molecular weight excluding hydrogens is 123 g/mol. The van der Waals surface area contributed by atoms with Crippen LogP contribution in [-0.2, 0) is 30.6 Å². The Hall–Kier alpha value is 0.340. The third kappa shape index (κ3) is 6.34. The second kappa shape index (κ2) is 4.50. The molecule has 0 rings (SSSR count). The van der Waals surface area contributed by atoms with E-state index in [1.807, 2.05) is 0 Å². The molecule has 0 bridgehead atoms. The van der Waals surface area contributed by atoms with Gasteiger partial charge in [0.2, 0.25) is 0 Å². The molecule has 0 fully saturated rings. The van der Waals surface area contributed by atoms with Crippen molar-refractivity contribution in [2.75, 3.05) is 0 Å². The van der Waals surface area contributed by atoms with E-state index in [4.69, 9.17) is 5.73 Å². The summed E-state index contributed by atoms with van der Waals surface area (Å²) in [5.41, 5.74) is 6.39. The van der Waals surface area contributed by atoms with E-state index in [0.717, 1.165) is 0 Å². The van der Waals surface area contributed by atoms with Crippen LogP contribution in [-0.4, -0.2) is 5.91 Å². The summed E-state index contributed by atoms with van der Waals surface area (Å²) in [6.07, 6.45) is 0. The zero-order valence-electron chi connectivity index (χ0n) is 4.56. The van der Waals surface area contributed by atoms with Crippen molar-refractivity contribution in [2.24, 2.45) is 5.92 Å². The summed E-state index contributed by atoms with van der Waals surface area (Å²) in [7, 11) is 0. The van der Waals surface area contributed by atoms with E-state index in [0.29, 0.717) is 0 Å². The number of hydrogen-bond donors (Lipinski definition) is 0. The van der Waals surface area contributed by atoms with Crippen LogP contribution in [0.1, 0.15) is 13.8 Å². The SMILES string of the molecule is CC(C)C([NH-])=O.[Sc]. The molecule has 0 heterocycles. The summed E-state index contributed by atoms with van der Waals surface area (Å²) >= 11 is 0. The quantitative estimate of drug-likeness (QED) is 0.527. The van der Waals surface area contributed by atoms with E-state index in [9.17, 15) is 4.79 Å². The Morgan fingerprint density at radius 1 is 1.57 bits per heavy atom. The molecule has 0 unspecified atom stereocenters. The van der Waals surface area contributed by atoms with Crippen molar-refractivity contribution in [3.8, 4) is 0 Å². The number of hydrogen-bond acceptors (Lipinski definition) is 1. The first-order chi connectivity index (χ1) is 2.64. The third-order valence-electron chi connectivity index (χ3n) is 0.524. The molecule has 0 aliphatic heterocycles. The number of carbonyl (C=O) groups excluding carboxylic acids is 1. The van der Waals surface area contributed by atoms with Crippen LogP contribution in [0.15, 0.2) is 0 Å². The normalized spacial score (nSPS) is 7.86. The van der Waals surface area contributed by atoms with Gasteiger partial charge in [-0.15, -0.1) is 0 Å². The van der Waals surface area contributed by atoms with Crippen LogP contribution in [0.5, 0.6) is 0 Å². The minimum atomic E-state index is -0.491. The third-order valence-corrected chi connectivity index (χ3v) is 0.524. The second-order valence-electron chi connectivity index (χ2n) is 1.52. The summed E-state index contributed by atoms with van der Waals surface area (Å²) in [6.45, 7) is 3.41. The zero-order chi connectivity index (χ0) is 5.15. The van der Waals surface area contributed by atoms with E-state index < -0.39 is 5.91 Å². The van der Waals surface area contributed by atoms with E-state index >= 15 is 0 Å². The number of rotatable bonds is 1. The summed E-state index contributed by atoms with van der Waals surface area (Å²) in [5.74, 6) is -0.611. The molecule has 0 saturated heterocycles. The van der Waals surface area contributed by atoms with Gasteiger partial charge in [0, 0.05) is 25.8 Å². The summed E-state index contributed by atoms with van der Waals surface area (Å²) in [4.78, 5) is 9.81. The van der Waals surface area contributed by atoms with Crippen LogP contribution in [0.3, 0.4) is 0 Å². The van der Waals surface area contributed by atoms with Crippen molar-refractivity contribution >= 4 is 5.91 Å². The summed E-state index contributed by atoms with van der Waals surface area (Å²) < 4.78 is 0. The van der Waals surface area contributed by atoms with Crippen molar-refractivity contribution in [3.63, 3.8) is 0 Å². The number of carbonyl (C=O) groups is 1. The molecule has 3 heteroatoms. The molecular formula is C4H8NOSc-. The van der Waals surface area contributed by atoms with Gasteiger partial charge >= 0.3 is 0 Å². The van der Waals surface area contributed by atoms with E-state index in [2.05, 4.69) is 0 Å². The Morgan fingerprint density at radius 2 is 1.71 bits per heavy atom. The maximum absolute atomic E-state index is 9.81. The largest absolute Gasteiger partial charge is 0.668 e. The molecule has 0 spiro atoms. The van der Waals surface area contributed by atoms with Gasteiger partial charge in [0.15, 0.2) is 0 Å². The summed E-state index contributed by atoms with van der Waals surface area (Å²) in [6, 6.07) is 0. The Bertz CT molecular complexity index is 62.7. The summed E-state index contributed by atoms with van der Waals surface area (Å²) in [5, 5.41) is 0. The van der Waals surface area contributed by atoms with Gasteiger partial charge in [-0.25, -0.2) is 0 Å². The van der Waals surface area contributed by atoms with E-state index in [1.54, 1.807) is 13.8 Å². The molecule has 0 aromatic rings. The second-order valence-corrected chi connectivity index (χ2v) is 1.52. The predicted molar refractivity (Wildman–Crippen MR) is 24.2 cm³/mol. The van der Waals surface area contributed by atoms with Crippen molar-refractivity contribution in [1.82, 2.24) is 0 Å². The Labute approximate surface area is 62.2 Å². The van der Waals surface area contributed by atoms with Crippen LogP contribution in [0.4, 0.5) is 0 Å². The first kappa shape index (κ1) is 10.3. The standard InChI is InChI=1S/C4H9NO.Sc/c1-3(2)4(5)6;/h3H,1-2H3,(H2,5,6);/p-1. The van der Waals surface area contributed by atoms with Crippen LogP contribution in [0.2, 0.25) is 0 Å². The zero-order valence-corrected chi connectivity index (χ0v) is 6.37. The fourth-order valence-corrected chi connectivity index (χ4v) is 0. The maximum atomic E-state index is 9.81. The monoisotopic (exact) mass is 131 g/mol. The van der Waals surface area contributed by atoms with Gasteiger partial charge in [0.1, 0.15) is 0 Å². The van der Waals surface area contributed by atoms with Crippen molar-refractivity contribution in [2.45, 2.75) is 13.8 Å². The first-order valence-electron chi connectivity index (χ1n) is 1.90. The van der Waals surface area contributed by atoms with Crippen LogP contribution in [0.25, 0.3) is 5.73 Å². The van der Waals surface area contributed by atoms with E-state index in [1.165, 1.54) is 0 Å². The molecule has 39 valence electrons. The molecule has 0 atom stereocenters. The first-order valence-corrected chi connectivity index (χ1v) is 1.90. The van der Waals surface area contributed by atoms with Gasteiger partial charge in [-0.05, 0) is 5.92 Å². The molecule has 1 amide bonds. The van der Waals surface area contributed by atoms with Crippen molar-refractivity contribution in [3.05, 3.63) is 5.73 Å². The number of nitrogens with one attached hydrogen (secondary N) is 1. The average Bonchev–Trinajstić information content (AvgIpc) is 1.36. The Morgan fingerprint density at radius 3 is 1.71 bits per heavy atom. The van der Waals surface area contributed by atoms with Gasteiger partial charge in [0.25, 0.3) is 0 Å². The van der Waals surface area contributed by atoms with Gasteiger partial charge in [-0.1, -0.05) is 13.8 Å². The fraction of sp³-hybridized carbons (Fsp3) is 0.750. The van der Waals surface area contributed by atoms with Gasteiger partial charge in [-0.3, -0.25) is 0 Å².